The van der Waals surface area contributed by atoms with Crippen LogP contribution >= 0.6 is 0 Å². The second-order valence-corrected chi connectivity index (χ2v) is 1.98. The van der Waals surface area contributed by atoms with Gasteiger partial charge in [-0.1, -0.05) is 18.2 Å². The van der Waals surface area contributed by atoms with Crippen LogP contribution in [0.2, 0.25) is 0 Å². The summed E-state index contributed by atoms with van der Waals surface area (Å²) in [6, 6.07) is 6.92. The van der Waals surface area contributed by atoms with Gasteiger partial charge in [-0.25, -0.2) is 0 Å². The van der Waals surface area contributed by atoms with Gasteiger partial charge in [0.1, 0.15) is 5.75 Å². The van der Waals surface area contributed by atoms with E-state index in [4.69, 9.17) is 5.11 Å². The van der Waals surface area contributed by atoms with Gasteiger partial charge in [-0.3, -0.25) is 0 Å². The van der Waals surface area contributed by atoms with Crippen molar-refractivity contribution in [2.75, 3.05) is 0 Å². The average Bonchev–Trinajstić information content (AvgIpc) is 1.95. The van der Waals surface area contributed by atoms with Gasteiger partial charge in [0.15, 0.2) is 0 Å². The first-order valence-corrected chi connectivity index (χ1v) is 3.16. The first-order valence-electron chi connectivity index (χ1n) is 3.16. The molecule has 0 saturated heterocycles. The number of phenols is 1. The third-order valence-corrected chi connectivity index (χ3v) is 1.18. The smallest absolute Gasteiger partial charge is 0.115 e. The van der Waals surface area contributed by atoms with Crippen molar-refractivity contribution < 1.29 is 5.11 Å². The first kappa shape index (κ1) is 6.87. The fourth-order valence-corrected chi connectivity index (χ4v) is 0.724. The van der Waals surface area contributed by atoms with Crippen LogP contribution in [-0.2, 0) is 0 Å². The van der Waals surface area contributed by atoms with Crippen molar-refractivity contribution in [1.29, 1.82) is 0 Å². The van der Waals surface area contributed by atoms with Crippen LogP contribution in [-0.4, -0.2) is 5.11 Å². The zero-order valence-electron chi connectivity index (χ0n) is 5.83. The fourth-order valence-electron chi connectivity index (χ4n) is 0.724. The highest BCUT2D eigenvalue weighted by Crippen LogP contribution is 2.08. The van der Waals surface area contributed by atoms with E-state index in [0.717, 1.165) is 5.56 Å². The molecule has 0 aliphatic rings. The number of aromatic hydroxyl groups is 1. The molecule has 0 spiro atoms. The summed E-state index contributed by atoms with van der Waals surface area (Å²) in [5.41, 5.74) is 0.986. The number of hydrogen-bond donors (Lipinski definition) is 1. The Morgan fingerprint density at radius 3 is 2.40 bits per heavy atom. The van der Waals surface area contributed by atoms with E-state index in [-0.39, 0.29) is 0 Å². The standard InChI is InChI=1S/C9H9O/c1-2-3-8-4-6-9(10)7-5-8/h2,4-7,10H,1H3. The first-order chi connectivity index (χ1) is 4.83. The Hall–Kier alpha value is -1.24. The second-order valence-electron chi connectivity index (χ2n) is 1.98. The lowest BCUT2D eigenvalue weighted by Gasteiger charge is -1.91. The van der Waals surface area contributed by atoms with Crippen LogP contribution in [0, 0.1) is 6.08 Å². The van der Waals surface area contributed by atoms with Crippen molar-refractivity contribution >= 4 is 0 Å². The lowest BCUT2D eigenvalue weighted by Crippen LogP contribution is -1.70. The number of benzene rings is 1. The minimum Gasteiger partial charge on any atom is -0.508 e. The summed E-state index contributed by atoms with van der Waals surface area (Å²) in [7, 11) is 0. The van der Waals surface area contributed by atoms with Gasteiger partial charge < -0.3 is 5.11 Å². The van der Waals surface area contributed by atoms with E-state index in [9.17, 15) is 0 Å². The molecular formula is C9H9O. The topological polar surface area (TPSA) is 20.2 Å². The van der Waals surface area contributed by atoms with E-state index in [1.165, 1.54) is 0 Å². The molecule has 0 aliphatic heterocycles. The third-order valence-electron chi connectivity index (χ3n) is 1.18. The highest BCUT2D eigenvalue weighted by Gasteiger charge is 1.85. The third kappa shape index (κ3) is 1.62. The molecule has 1 heteroatoms. The zero-order chi connectivity index (χ0) is 7.40. The summed E-state index contributed by atoms with van der Waals surface area (Å²) >= 11 is 0. The van der Waals surface area contributed by atoms with Crippen LogP contribution in [0.5, 0.6) is 5.75 Å². The molecule has 0 saturated carbocycles. The molecule has 10 heavy (non-hydrogen) atoms. The molecule has 0 aromatic heterocycles. The van der Waals surface area contributed by atoms with Crippen molar-refractivity contribution in [3.8, 4) is 5.75 Å². The number of allylic oxidation sites excluding steroid dienone is 1. The van der Waals surface area contributed by atoms with Crippen LogP contribution in [0.3, 0.4) is 0 Å². The molecule has 0 unspecified atom stereocenters. The summed E-state index contributed by atoms with van der Waals surface area (Å²) < 4.78 is 0. The van der Waals surface area contributed by atoms with Crippen molar-refractivity contribution in [3.05, 3.63) is 42.0 Å². The summed E-state index contributed by atoms with van der Waals surface area (Å²) in [5.74, 6) is 0.293. The predicted octanol–water partition coefficient (Wildman–Crippen LogP) is 2.12. The van der Waals surface area contributed by atoms with Gasteiger partial charge in [0.2, 0.25) is 0 Å². The largest absolute Gasteiger partial charge is 0.508 e. The van der Waals surface area contributed by atoms with Crippen LogP contribution in [0.15, 0.2) is 30.3 Å². The Morgan fingerprint density at radius 1 is 1.30 bits per heavy atom. The Labute approximate surface area is 60.6 Å². The average molecular weight is 133 g/mol. The summed E-state index contributed by atoms with van der Waals surface area (Å²) in [5, 5.41) is 8.89. The second kappa shape index (κ2) is 3.06. The normalized spacial score (nSPS) is 10.5. The highest BCUT2D eigenvalue weighted by atomic mass is 16.3. The fraction of sp³-hybridized carbons (Fsp3) is 0.111. The van der Waals surface area contributed by atoms with Gasteiger partial charge in [0.05, 0.1) is 0 Å². The Kier molecular flexibility index (Phi) is 2.11. The van der Waals surface area contributed by atoms with Crippen molar-refractivity contribution in [2.45, 2.75) is 6.92 Å². The summed E-state index contributed by atoms with van der Waals surface area (Å²) in [4.78, 5) is 0. The molecule has 0 aliphatic carbocycles. The van der Waals surface area contributed by atoms with Gasteiger partial charge in [0.25, 0.3) is 0 Å². The lowest BCUT2D eigenvalue weighted by molar-refractivity contribution is 0.475. The minimum atomic E-state index is 0.293. The molecule has 0 bridgehead atoms. The van der Waals surface area contributed by atoms with E-state index in [1.54, 1.807) is 12.1 Å². The quantitative estimate of drug-likeness (QED) is 0.622. The van der Waals surface area contributed by atoms with Gasteiger partial charge >= 0.3 is 0 Å². The number of rotatable bonds is 1. The Bertz CT molecular complexity index is 221. The maximum Gasteiger partial charge on any atom is 0.115 e. The molecule has 1 N–H and O–H groups in total. The van der Waals surface area contributed by atoms with Crippen LogP contribution in [0.4, 0.5) is 0 Å². The van der Waals surface area contributed by atoms with Crippen molar-refractivity contribution in [3.63, 3.8) is 0 Å². The van der Waals surface area contributed by atoms with Crippen LogP contribution in [0.1, 0.15) is 12.5 Å². The predicted molar refractivity (Wildman–Crippen MR) is 40.7 cm³/mol. The van der Waals surface area contributed by atoms with E-state index in [0.29, 0.717) is 5.75 Å². The molecule has 1 rings (SSSR count). The number of phenolic OH excluding ortho intramolecular Hbond substituents is 1. The molecule has 1 aromatic rings. The molecule has 0 amide bonds. The summed E-state index contributed by atoms with van der Waals surface area (Å²) in [6.07, 6.45) is 4.84. The summed E-state index contributed by atoms with van der Waals surface area (Å²) in [6.45, 7) is 1.91. The van der Waals surface area contributed by atoms with Crippen LogP contribution in [0.25, 0.3) is 0 Å². The number of hydrogen-bond acceptors (Lipinski definition) is 1. The van der Waals surface area contributed by atoms with Gasteiger partial charge in [0, 0.05) is 0 Å². The molecule has 0 heterocycles. The zero-order valence-corrected chi connectivity index (χ0v) is 5.83. The Morgan fingerprint density at radius 2 is 1.90 bits per heavy atom. The van der Waals surface area contributed by atoms with Gasteiger partial charge in [-0.15, -0.1) is 0 Å². The van der Waals surface area contributed by atoms with Crippen molar-refractivity contribution in [2.24, 2.45) is 0 Å². The molecule has 0 atom stereocenters. The molecule has 1 aromatic carbocycles. The van der Waals surface area contributed by atoms with E-state index < -0.39 is 0 Å². The molecule has 0 fully saturated rings. The highest BCUT2D eigenvalue weighted by molar-refractivity contribution is 5.29. The molecule has 1 radical (unpaired) electrons. The SMILES string of the molecule is C/C=[C]/c1ccc(O)cc1. The van der Waals surface area contributed by atoms with Crippen LogP contribution < -0.4 is 0 Å². The maximum absolute atomic E-state index is 8.89. The van der Waals surface area contributed by atoms with Gasteiger partial charge in [-0.05, 0) is 30.7 Å². The molecule has 1 nitrogen and oxygen atoms in total. The van der Waals surface area contributed by atoms with E-state index in [1.807, 2.05) is 25.1 Å². The lowest BCUT2D eigenvalue weighted by atomic mass is 10.2. The Balaban J connectivity index is 2.89. The minimum absolute atomic E-state index is 0.293. The molecular weight excluding hydrogens is 124 g/mol. The maximum atomic E-state index is 8.89. The van der Waals surface area contributed by atoms with Crippen molar-refractivity contribution in [1.82, 2.24) is 0 Å². The van der Waals surface area contributed by atoms with E-state index >= 15 is 0 Å². The van der Waals surface area contributed by atoms with Gasteiger partial charge in [-0.2, -0.15) is 0 Å². The molecule has 51 valence electrons. The van der Waals surface area contributed by atoms with E-state index in [2.05, 4.69) is 6.08 Å². The monoisotopic (exact) mass is 133 g/mol.